The van der Waals surface area contributed by atoms with Crippen LogP contribution in [0.25, 0.3) is 0 Å². The lowest BCUT2D eigenvalue weighted by molar-refractivity contribution is -0.277. The Morgan fingerprint density at radius 3 is 2.11 bits per heavy atom. The lowest BCUT2D eigenvalue weighted by atomic mass is 9.28. The van der Waals surface area contributed by atoms with Crippen LogP contribution in [0, 0.1) is 50.2 Å². The number of rotatable bonds is 3. The standard InChI is InChI=1S/C33H54N2O3/c1-20(2)22-10-17-33(27(37)35-34)19-18-29(6)23(26(22)33)11-15-32(9)30(7)14-13-25(38-21(3)36)28(4,5)24(30)12-16-31(29,32)8/h20,23-25H,10-19,34H2,1-9H3,(H,35,37)/t23?,24?,25-,29+,30?,31-,32+,33?/m0/s1. The Morgan fingerprint density at radius 2 is 1.50 bits per heavy atom. The molecular weight excluding hydrogens is 472 g/mol. The van der Waals surface area contributed by atoms with Gasteiger partial charge >= 0.3 is 5.97 Å². The minimum Gasteiger partial charge on any atom is -0.462 e. The average Bonchev–Trinajstić information content (AvgIpc) is 3.24. The van der Waals surface area contributed by atoms with Gasteiger partial charge < -0.3 is 4.74 Å². The van der Waals surface area contributed by atoms with E-state index in [0.717, 1.165) is 44.9 Å². The van der Waals surface area contributed by atoms with E-state index < -0.39 is 5.41 Å². The zero-order valence-corrected chi connectivity index (χ0v) is 25.7. The molecule has 5 aliphatic rings. The molecule has 5 heteroatoms. The Bertz CT molecular complexity index is 1060. The van der Waals surface area contributed by atoms with Crippen molar-refractivity contribution in [3.8, 4) is 0 Å². The minimum absolute atomic E-state index is 0.000253. The molecule has 4 saturated carbocycles. The molecule has 4 unspecified atom stereocenters. The molecule has 214 valence electrons. The van der Waals surface area contributed by atoms with Crippen LogP contribution in [0.4, 0.5) is 0 Å². The normalized spacial score (nSPS) is 47.5. The van der Waals surface area contributed by atoms with Crippen molar-refractivity contribution in [2.75, 3.05) is 0 Å². The number of amides is 1. The summed E-state index contributed by atoms with van der Waals surface area (Å²) in [6.07, 6.45) is 10.8. The summed E-state index contributed by atoms with van der Waals surface area (Å²) in [7, 11) is 0. The first-order valence-electron chi connectivity index (χ1n) is 15.5. The van der Waals surface area contributed by atoms with E-state index in [1.54, 1.807) is 12.5 Å². The molecule has 8 atom stereocenters. The van der Waals surface area contributed by atoms with Crippen molar-refractivity contribution < 1.29 is 14.3 Å². The molecule has 0 saturated heterocycles. The van der Waals surface area contributed by atoms with E-state index in [1.165, 1.54) is 24.8 Å². The quantitative estimate of drug-likeness (QED) is 0.135. The highest BCUT2D eigenvalue weighted by molar-refractivity contribution is 5.87. The lowest BCUT2D eigenvalue weighted by Crippen LogP contribution is -2.70. The molecule has 0 spiro atoms. The van der Waals surface area contributed by atoms with Gasteiger partial charge in [-0.1, -0.05) is 66.5 Å². The number of esters is 1. The Morgan fingerprint density at radius 1 is 0.868 bits per heavy atom. The fourth-order valence-corrected chi connectivity index (χ4v) is 12.0. The SMILES string of the molecule is CC(=O)O[C@H]1CCC2(C)C(CC[C@@]3(C)[C@]4(C)CCC5(C(=O)NN)CCC(C(C)C)=C5C4CC[C@]23C)C1(C)C. The van der Waals surface area contributed by atoms with Crippen molar-refractivity contribution in [3.05, 3.63) is 11.1 Å². The van der Waals surface area contributed by atoms with Crippen molar-refractivity contribution in [1.29, 1.82) is 0 Å². The average molecular weight is 527 g/mol. The second-order valence-electron chi connectivity index (χ2n) is 15.8. The van der Waals surface area contributed by atoms with Gasteiger partial charge in [0, 0.05) is 12.3 Å². The summed E-state index contributed by atoms with van der Waals surface area (Å²) in [5.41, 5.74) is 5.85. The monoisotopic (exact) mass is 526 g/mol. The number of hydrogen-bond acceptors (Lipinski definition) is 4. The molecule has 5 rings (SSSR count). The van der Waals surface area contributed by atoms with Crippen LogP contribution >= 0.6 is 0 Å². The van der Waals surface area contributed by atoms with Gasteiger partial charge in [-0.25, -0.2) is 5.84 Å². The summed E-state index contributed by atoms with van der Waals surface area (Å²) in [6, 6.07) is 0. The van der Waals surface area contributed by atoms with Gasteiger partial charge in [-0.15, -0.1) is 0 Å². The first-order valence-corrected chi connectivity index (χ1v) is 15.5. The fraction of sp³-hybridized carbons (Fsp3) is 0.879. The predicted molar refractivity (Wildman–Crippen MR) is 152 cm³/mol. The van der Waals surface area contributed by atoms with Crippen LogP contribution in [-0.2, 0) is 14.3 Å². The molecule has 3 N–H and O–H groups in total. The maximum Gasteiger partial charge on any atom is 0.302 e. The van der Waals surface area contributed by atoms with Gasteiger partial charge in [0.1, 0.15) is 6.10 Å². The fourth-order valence-electron chi connectivity index (χ4n) is 12.0. The summed E-state index contributed by atoms with van der Waals surface area (Å²) in [6.45, 7) is 21.4. The molecule has 5 nitrogen and oxygen atoms in total. The number of nitrogens with two attached hydrogens (primary N) is 1. The summed E-state index contributed by atoms with van der Waals surface area (Å²) in [5.74, 6) is 7.16. The van der Waals surface area contributed by atoms with E-state index in [1.807, 2.05) is 0 Å². The van der Waals surface area contributed by atoms with Gasteiger partial charge in [0.2, 0.25) is 5.91 Å². The molecule has 0 aromatic rings. The summed E-state index contributed by atoms with van der Waals surface area (Å²) in [5, 5.41) is 0. The number of allylic oxidation sites excluding steroid dienone is 1. The second kappa shape index (κ2) is 8.57. The molecule has 38 heavy (non-hydrogen) atoms. The highest BCUT2D eigenvalue weighted by Gasteiger charge is 2.74. The smallest absolute Gasteiger partial charge is 0.302 e. The summed E-state index contributed by atoms with van der Waals surface area (Å²) < 4.78 is 5.93. The van der Waals surface area contributed by atoms with Crippen LogP contribution in [-0.4, -0.2) is 18.0 Å². The van der Waals surface area contributed by atoms with Crippen LogP contribution in [0.1, 0.15) is 127 Å². The number of hydrogen-bond donors (Lipinski definition) is 2. The Kier molecular flexibility index (Phi) is 6.36. The van der Waals surface area contributed by atoms with E-state index >= 15 is 0 Å². The van der Waals surface area contributed by atoms with E-state index in [-0.39, 0.29) is 45.1 Å². The zero-order chi connectivity index (χ0) is 28.1. The summed E-state index contributed by atoms with van der Waals surface area (Å²) in [4.78, 5) is 25.4. The third kappa shape index (κ3) is 3.20. The molecule has 0 heterocycles. The molecule has 0 aromatic carbocycles. The van der Waals surface area contributed by atoms with Gasteiger partial charge in [-0.05, 0) is 104 Å². The Labute approximate surface area is 231 Å². The van der Waals surface area contributed by atoms with Crippen LogP contribution in [0.3, 0.4) is 0 Å². The van der Waals surface area contributed by atoms with E-state index in [0.29, 0.717) is 17.8 Å². The molecule has 0 bridgehead atoms. The lowest BCUT2D eigenvalue weighted by Gasteiger charge is -2.76. The van der Waals surface area contributed by atoms with E-state index in [2.05, 4.69) is 60.8 Å². The van der Waals surface area contributed by atoms with Gasteiger partial charge in [0.25, 0.3) is 0 Å². The maximum atomic E-state index is 13.5. The molecule has 0 radical (unpaired) electrons. The predicted octanol–water partition coefficient (Wildman–Crippen LogP) is 7.10. The van der Waals surface area contributed by atoms with Gasteiger partial charge in [0.05, 0.1) is 5.41 Å². The first-order chi connectivity index (χ1) is 17.6. The first kappa shape index (κ1) is 28.2. The molecule has 5 aliphatic carbocycles. The van der Waals surface area contributed by atoms with Crippen molar-refractivity contribution >= 4 is 11.9 Å². The number of fused-ring (bicyclic) bond motifs is 7. The van der Waals surface area contributed by atoms with Crippen LogP contribution in [0.2, 0.25) is 0 Å². The summed E-state index contributed by atoms with van der Waals surface area (Å²) >= 11 is 0. The number of hydrazine groups is 1. The highest BCUT2D eigenvalue weighted by atomic mass is 16.5. The van der Waals surface area contributed by atoms with Crippen molar-refractivity contribution in [2.45, 2.75) is 133 Å². The van der Waals surface area contributed by atoms with Crippen LogP contribution in [0.5, 0.6) is 0 Å². The van der Waals surface area contributed by atoms with Crippen LogP contribution < -0.4 is 11.3 Å². The molecular formula is C33H54N2O3. The van der Waals surface area contributed by atoms with Crippen molar-refractivity contribution in [2.24, 2.45) is 56.1 Å². The molecule has 0 aromatic heterocycles. The molecule has 4 fully saturated rings. The van der Waals surface area contributed by atoms with E-state index in [9.17, 15) is 9.59 Å². The van der Waals surface area contributed by atoms with Gasteiger partial charge in [-0.3, -0.25) is 15.0 Å². The number of nitrogens with one attached hydrogen (secondary N) is 1. The zero-order valence-electron chi connectivity index (χ0n) is 25.7. The number of ether oxygens (including phenoxy) is 1. The van der Waals surface area contributed by atoms with Gasteiger partial charge in [0.15, 0.2) is 0 Å². The molecule has 1 amide bonds. The second-order valence-corrected chi connectivity index (χ2v) is 15.8. The Hall–Kier alpha value is -1.36. The van der Waals surface area contributed by atoms with E-state index in [4.69, 9.17) is 10.6 Å². The van der Waals surface area contributed by atoms with Crippen LogP contribution in [0.15, 0.2) is 11.1 Å². The maximum absolute atomic E-state index is 13.5. The largest absolute Gasteiger partial charge is 0.462 e. The topological polar surface area (TPSA) is 81.4 Å². The Balaban J connectivity index is 1.59. The van der Waals surface area contributed by atoms with Crippen molar-refractivity contribution in [1.82, 2.24) is 5.43 Å². The third-order valence-corrected chi connectivity index (χ3v) is 14.5. The van der Waals surface area contributed by atoms with Gasteiger partial charge in [-0.2, -0.15) is 0 Å². The number of carbonyl (C=O) groups is 2. The minimum atomic E-state index is -0.409. The third-order valence-electron chi connectivity index (χ3n) is 14.5. The molecule has 0 aliphatic heterocycles. The van der Waals surface area contributed by atoms with Crippen molar-refractivity contribution in [3.63, 3.8) is 0 Å². The highest BCUT2D eigenvalue weighted by Crippen LogP contribution is 2.81. The number of carbonyl (C=O) groups excluding carboxylic acids is 2.